The molecule has 0 radical (unpaired) electrons. The molecule has 8 heteroatoms. The molecule has 1 aliphatic heterocycles. The number of rotatable bonds is 7. The minimum Gasteiger partial charge on any atom is -0.482 e. The number of benzene rings is 2. The van der Waals surface area contributed by atoms with E-state index < -0.39 is 18.4 Å². The average molecular weight is 390 g/mol. The fourth-order valence-electron chi connectivity index (χ4n) is 2.55. The van der Waals surface area contributed by atoms with Gasteiger partial charge in [-0.1, -0.05) is 18.2 Å². The SMILES string of the molecule is CCOC(=O)COc1ccc2c(c1)O/C(=C\c1ccccc1OC(F)F)C2=O. The highest BCUT2D eigenvalue weighted by Crippen LogP contribution is 2.35. The molecule has 0 saturated carbocycles. The molecule has 2 aromatic carbocycles. The maximum atomic E-state index is 12.5. The Balaban J connectivity index is 1.78. The van der Waals surface area contributed by atoms with Gasteiger partial charge in [0.25, 0.3) is 0 Å². The molecule has 3 rings (SSSR count). The van der Waals surface area contributed by atoms with Crippen LogP contribution in [0.25, 0.3) is 6.08 Å². The largest absolute Gasteiger partial charge is 0.482 e. The second-order valence-electron chi connectivity index (χ2n) is 5.61. The fraction of sp³-hybridized carbons (Fsp3) is 0.200. The molecule has 0 bridgehead atoms. The number of ketones is 1. The van der Waals surface area contributed by atoms with Crippen molar-refractivity contribution in [1.29, 1.82) is 0 Å². The van der Waals surface area contributed by atoms with Gasteiger partial charge in [0.05, 0.1) is 12.2 Å². The Labute approximate surface area is 159 Å². The molecule has 0 atom stereocenters. The van der Waals surface area contributed by atoms with Gasteiger partial charge in [0.1, 0.15) is 17.2 Å². The van der Waals surface area contributed by atoms with Crippen molar-refractivity contribution in [1.82, 2.24) is 0 Å². The van der Waals surface area contributed by atoms with Crippen molar-refractivity contribution in [2.24, 2.45) is 0 Å². The number of hydrogen-bond donors (Lipinski definition) is 0. The third-order valence-corrected chi connectivity index (χ3v) is 3.73. The summed E-state index contributed by atoms with van der Waals surface area (Å²) in [5, 5.41) is 0. The molecule has 2 aromatic rings. The van der Waals surface area contributed by atoms with Crippen LogP contribution in [0.3, 0.4) is 0 Å². The molecule has 0 saturated heterocycles. The van der Waals surface area contributed by atoms with Crippen molar-refractivity contribution in [2.45, 2.75) is 13.5 Å². The van der Waals surface area contributed by atoms with Gasteiger partial charge in [-0.15, -0.1) is 0 Å². The van der Waals surface area contributed by atoms with Crippen LogP contribution in [0.4, 0.5) is 8.78 Å². The molecule has 1 heterocycles. The highest BCUT2D eigenvalue weighted by atomic mass is 19.3. The average Bonchev–Trinajstić information content (AvgIpc) is 2.96. The zero-order valence-corrected chi connectivity index (χ0v) is 14.8. The predicted octanol–water partition coefficient (Wildman–Crippen LogP) is 3.85. The second-order valence-corrected chi connectivity index (χ2v) is 5.61. The zero-order valence-electron chi connectivity index (χ0n) is 14.8. The van der Waals surface area contributed by atoms with Crippen molar-refractivity contribution < 1.29 is 37.3 Å². The minimum absolute atomic E-state index is 0.0390. The standard InChI is InChI=1S/C20H16F2O6/c1-2-25-18(23)11-26-13-7-8-14-16(10-13)27-17(19(14)24)9-12-5-3-4-6-15(12)28-20(21)22/h3-10,20H,2,11H2,1H3/b17-9-. The molecule has 0 aliphatic carbocycles. The minimum atomic E-state index is -2.99. The van der Waals surface area contributed by atoms with Crippen molar-refractivity contribution in [3.8, 4) is 17.2 Å². The Morgan fingerprint density at radius 1 is 1.21 bits per heavy atom. The lowest BCUT2D eigenvalue weighted by molar-refractivity contribution is -0.145. The molecule has 0 N–H and O–H groups in total. The molecular weight excluding hydrogens is 374 g/mol. The Hall–Kier alpha value is -3.42. The first-order valence-corrected chi connectivity index (χ1v) is 8.38. The van der Waals surface area contributed by atoms with Gasteiger partial charge in [-0.3, -0.25) is 4.79 Å². The van der Waals surface area contributed by atoms with Gasteiger partial charge in [-0.25, -0.2) is 4.79 Å². The van der Waals surface area contributed by atoms with Gasteiger partial charge in [-0.2, -0.15) is 8.78 Å². The Bertz CT molecular complexity index is 923. The summed E-state index contributed by atoms with van der Waals surface area (Å²) in [5.74, 6) is -0.471. The molecule has 0 fully saturated rings. The smallest absolute Gasteiger partial charge is 0.387 e. The van der Waals surface area contributed by atoms with Crippen LogP contribution in [0.5, 0.6) is 17.2 Å². The van der Waals surface area contributed by atoms with E-state index in [1.807, 2.05) is 0 Å². The first-order valence-electron chi connectivity index (χ1n) is 8.38. The number of esters is 1. The normalized spacial score (nSPS) is 14.0. The van der Waals surface area contributed by atoms with Crippen LogP contribution < -0.4 is 14.2 Å². The zero-order chi connectivity index (χ0) is 20.1. The lowest BCUT2D eigenvalue weighted by Crippen LogP contribution is -2.14. The number of allylic oxidation sites excluding steroid dienone is 1. The van der Waals surface area contributed by atoms with E-state index in [9.17, 15) is 18.4 Å². The summed E-state index contributed by atoms with van der Waals surface area (Å²) < 4.78 is 45.2. The van der Waals surface area contributed by atoms with E-state index in [4.69, 9.17) is 14.2 Å². The van der Waals surface area contributed by atoms with E-state index in [1.54, 1.807) is 19.1 Å². The van der Waals surface area contributed by atoms with Crippen molar-refractivity contribution in [3.05, 3.63) is 59.4 Å². The summed E-state index contributed by atoms with van der Waals surface area (Å²) in [6, 6.07) is 10.5. The van der Waals surface area contributed by atoms with Gasteiger partial charge in [0, 0.05) is 11.6 Å². The quantitative estimate of drug-likeness (QED) is 0.528. The van der Waals surface area contributed by atoms with Crippen molar-refractivity contribution >= 4 is 17.8 Å². The lowest BCUT2D eigenvalue weighted by atomic mass is 10.1. The third-order valence-electron chi connectivity index (χ3n) is 3.73. The molecular formula is C20H16F2O6. The van der Waals surface area contributed by atoms with Gasteiger partial charge in [0.2, 0.25) is 5.78 Å². The van der Waals surface area contributed by atoms with Crippen LogP contribution in [0, 0.1) is 0 Å². The molecule has 146 valence electrons. The number of carbonyl (C=O) groups is 2. The fourth-order valence-corrected chi connectivity index (χ4v) is 2.55. The van der Waals surface area contributed by atoms with Crippen LogP contribution in [-0.2, 0) is 9.53 Å². The van der Waals surface area contributed by atoms with E-state index in [0.29, 0.717) is 11.3 Å². The summed E-state index contributed by atoms with van der Waals surface area (Å²) in [7, 11) is 0. The molecule has 1 aliphatic rings. The van der Waals surface area contributed by atoms with Crippen LogP contribution in [0.1, 0.15) is 22.8 Å². The van der Waals surface area contributed by atoms with E-state index >= 15 is 0 Å². The lowest BCUT2D eigenvalue weighted by Gasteiger charge is -2.08. The van der Waals surface area contributed by atoms with E-state index in [2.05, 4.69) is 4.74 Å². The topological polar surface area (TPSA) is 71.1 Å². The van der Waals surface area contributed by atoms with Gasteiger partial charge >= 0.3 is 12.6 Å². The summed E-state index contributed by atoms with van der Waals surface area (Å²) in [6.07, 6.45) is 1.33. The third kappa shape index (κ3) is 4.46. The van der Waals surface area contributed by atoms with Crippen LogP contribution in [0.15, 0.2) is 48.2 Å². The molecule has 6 nitrogen and oxygen atoms in total. The van der Waals surface area contributed by atoms with E-state index in [-0.39, 0.29) is 36.0 Å². The number of ether oxygens (including phenoxy) is 4. The Kier molecular flexibility index (Phi) is 5.88. The molecule has 0 amide bonds. The number of alkyl halides is 2. The highest BCUT2D eigenvalue weighted by Gasteiger charge is 2.28. The molecule has 0 unspecified atom stereocenters. The summed E-state index contributed by atoms with van der Waals surface area (Å²) >= 11 is 0. The van der Waals surface area contributed by atoms with Gasteiger partial charge in [0.15, 0.2) is 12.4 Å². The number of hydrogen-bond acceptors (Lipinski definition) is 6. The Morgan fingerprint density at radius 3 is 2.75 bits per heavy atom. The van der Waals surface area contributed by atoms with Crippen molar-refractivity contribution in [3.63, 3.8) is 0 Å². The van der Waals surface area contributed by atoms with Crippen LogP contribution >= 0.6 is 0 Å². The molecule has 0 aromatic heterocycles. The first-order chi connectivity index (χ1) is 13.5. The number of halogens is 2. The summed E-state index contributed by atoms with van der Waals surface area (Å²) in [4.78, 5) is 23.9. The second kappa shape index (κ2) is 8.51. The number of carbonyl (C=O) groups excluding carboxylic acids is 2. The first kappa shape index (κ1) is 19.3. The van der Waals surface area contributed by atoms with Gasteiger partial charge in [-0.05, 0) is 31.2 Å². The summed E-state index contributed by atoms with van der Waals surface area (Å²) in [6.45, 7) is -1.34. The van der Waals surface area contributed by atoms with E-state index in [0.717, 1.165) is 0 Å². The van der Waals surface area contributed by atoms with Gasteiger partial charge < -0.3 is 18.9 Å². The molecule has 28 heavy (non-hydrogen) atoms. The van der Waals surface area contributed by atoms with E-state index in [1.165, 1.54) is 36.4 Å². The summed E-state index contributed by atoms with van der Waals surface area (Å²) in [5.41, 5.74) is 0.569. The number of Topliss-reactive ketones (excluding diaryl/α,β-unsaturated/α-hetero) is 1. The number of para-hydroxylation sites is 1. The predicted molar refractivity (Wildman–Crippen MR) is 94.6 cm³/mol. The van der Waals surface area contributed by atoms with Crippen LogP contribution in [-0.4, -0.2) is 31.6 Å². The highest BCUT2D eigenvalue weighted by molar-refractivity contribution is 6.14. The Morgan fingerprint density at radius 2 is 2.00 bits per heavy atom. The maximum Gasteiger partial charge on any atom is 0.387 e. The monoisotopic (exact) mass is 390 g/mol. The van der Waals surface area contributed by atoms with Crippen LogP contribution in [0.2, 0.25) is 0 Å². The van der Waals surface area contributed by atoms with Crippen molar-refractivity contribution in [2.75, 3.05) is 13.2 Å². The molecule has 0 spiro atoms. The maximum absolute atomic E-state index is 12.5. The number of fused-ring (bicyclic) bond motifs is 1.